The lowest BCUT2D eigenvalue weighted by Crippen LogP contribution is -2.31. The molecule has 5 heteroatoms. The van der Waals surface area contributed by atoms with Gasteiger partial charge in [-0.15, -0.1) is 0 Å². The van der Waals surface area contributed by atoms with E-state index in [9.17, 15) is 13.2 Å². The maximum absolute atomic E-state index is 12.2. The van der Waals surface area contributed by atoms with E-state index in [1.165, 1.54) is 5.56 Å². The zero-order valence-electron chi connectivity index (χ0n) is 11.3. The highest BCUT2D eigenvalue weighted by Crippen LogP contribution is 2.21. The monoisotopic (exact) mass is 274 g/mol. The lowest BCUT2D eigenvalue weighted by molar-refractivity contribution is -0.139. The van der Waals surface area contributed by atoms with Crippen molar-refractivity contribution in [3.05, 3.63) is 35.4 Å². The number of likely N-dealkylation sites (N-methyl/N-ethyl adjacent to an activating group) is 1. The average molecular weight is 274 g/mol. The van der Waals surface area contributed by atoms with Crippen LogP contribution in [-0.4, -0.2) is 25.8 Å². The largest absolute Gasteiger partial charge is 0.390 e. The molecule has 0 saturated heterocycles. The van der Waals surface area contributed by atoms with E-state index in [1.807, 2.05) is 31.3 Å². The summed E-state index contributed by atoms with van der Waals surface area (Å²) >= 11 is 0. The number of hydrogen-bond acceptors (Lipinski definition) is 2. The summed E-state index contributed by atoms with van der Waals surface area (Å²) in [4.78, 5) is 0. The summed E-state index contributed by atoms with van der Waals surface area (Å²) in [6.45, 7) is 2.88. The Bertz CT molecular complexity index is 377. The molecule has 0 aliphatic carbocycles. The predicted molar refractivity (Wildman–Crippen MR) is 71.0 cm³/mol. The van der Waals surface area contributed by atoms with Crippen molar-refractivity contribution in [2.24, 2.45) is 0 Å². The van der Waals surface area contributed by atoms with E-state index >= 15 is 0 Å². The first-order chi connectivity index (χ1) is 8.92. The Kier molecular flexibility index (Phi) is 6.31. The molecule has 0 aliphatic rings. The Morgan fingerprint density at radius 3 is 2.37 bits per heavy atom. The molecule has 19 heavy (non-hydrogen) atoms. The standard InChI is InChI=1S/C14H21F3N2/c1-11(9-14(15,16)17)19-10-13-6-4-3-5-12(13)7-8-18-2/h3-6,11,18-19H,7-10H2,1-2H3. The third-order valence-electron chi connectivity index (χ3n) is 2.94. The molecule has 1 unspecified atom stereocenters. The Labute approximate surface area is 112 Å². The van der Waals surface area contributed by atoms with Gasteiger partial charge in [-0.1, -0.05) is 24.3 Å². The highest BCUT2D eigenvalue weighted by Gasteiger charge is 2.29. The Balaban J connectivity index is 2.52. The fraction of sp³-hybridized carbons (Fsp3) is 0.571. The fourth-order valence-electron chi connectivity index (χ4n) is 1.94. The number of rotatable bonds is 7. The molecule has 1 rings (SSSR count). The number of benzene rings is 1. The molecule has 2 nitrogen and oxygen atoms in total. The minimum absolute atomic E-state index is 0.469. The zero-order chi connectivity index (χ0) is 14.3. The van der Waals surface area contributed by atoms with E-state index in [0.29, 0.717) is 6.54 Å². The molecule has 0 heterocycles. The summed E-state index contributed by atoms with van der Waals surface area (Å²) < 4.78 is 36.7. The summed E-state index contributed by atoms with van der Waals surface area (Å²) in [5, 5.41) is 6.00. The molecule has 1 aromatic carbocycles. The second-order valence-corrected chi connectivity index (χ2v) is 4.72. The van der Waals surface area contributed by atoms with E-state index < -0.39 is 18.6 Å². The quantitative estimate of drug-likeness (QED) is 0.799. The van der Waals surface area contributed by atoms with Gasteiger partial charge in [-0.05, 0) is 38.1 Å². The minimum Gasteiger partial charge on any atom is -0.319 e. The molecule has 0 bridgehead atoms. The van der Waals surface area contributed by atoms with Crippen molar-refractivity contribution in [3.63, 3.8) is 0 Å². The zero-order valence-corrected chi connectivity index (χ0v) is 11.3. The van der Waals surface area contributed by atoms with Crippen LogP contribution in [0.5, 0.6) is 0 Å². The first-order valence-corrected chi connectivity index (χ1v) is 6.44. The summed E-state index contributed by atoms with van der Waals surface area (Å²) in [5.74, 6) is 0. The molecule has 1 aromatic rings. The smallest absolute Gasteiger partial charge is 0.319 e. The second kappa shape index (κ2) is 7.50. The van der Waals surface area contributed by atoms with Gasteiger partial charge in [0.05, 0.1) is 6.42 Å². The minimum atomic E-state index is -4.11. The number of nitrogens with one attached hydrogen (secondary N) is 2. The lowest BCUT2D eigenvalue weighted by Gasteiger charge is -2.17. The molecule has 0 spiro atoms. The second-order valence-electron chi connectivity index (χ2n) is 4.72. The molecule has 0 radical (unpaired) electrons. The molecular formula is C14H21F3N2. The molecule has 0 aliphatic heterocycles. The first kappa shape index (κ1) is 16.0. The molecule has 108 valence electrons. The Morgan fingerprint density at radius 2 is 1.79 bits per heavy atom. The van der Waals surface area contributed by atoms with Gasteiger partial charge in [0, 0.05) is 12.6 Å². The van der Waals surface area contributed by atoms with Gasteiger partial charge in [0.2, 0.25) is 0 Å². The van der Waals surface area contributed by atoms with Crippen molar-refractivity contribution in [3.8, 4) is 0 Å². The van der Waals surface area contributed by atoms with Gasteiger partial charge in [0.25, 0.3) is 0 Å². The van der Waals surface area contributed by atoms with Crippen molar-refractivity contribution in [1.29, 1.82) is 0 Å². The van der Waals surface area contributed by atoms with Gasteiger partial charge in [-0.25, -0.2) is 0 Å². The molecule has 0 fully saturated rings. The van der Waals surface area contributed by atoms with Gasteiger partial charge in [-0.2, -0.15) is 13.2 Å². The van der Waals surface area contributed by atoms with E-state index in [2.05, 4.69) is 10.6 Å². The van der Waals surface area contributed by atoms with Gasteiger partial charge in [0.15, 0.2) is 0 Å². The van der Waals surface area contributed by atoms with Crippen LogP contribution in [0.3, 0.4) is 0 Å². The number of halogens is 3. The van der Waals surface area contributed by atoms with Crippen LogP contribution in [0, 0.1) is 0 Å². The molecular weight excluding hydrogens is 253 g/mol. The van der Waals surface area contributed by atoms with Gasteiger partial charge < -0.3 is 10.6 Å². The van der Waals surface area contributed by atoms with E-state index in [-0.39, 0.29) is 0 Å². The van der Waals surface area contributed by atoms with Crippen LogP contribution in [0.1, 0.15) is 24.5 Å². The third-order valence-corrected chi connectivity index (χ3v) is 2.94. The van der Waals surface area contributed by atoms with Crippen molar-refractivity contribution in [2.75, 3.05) is 13.6 Å². The molecule has 0 amide bonds. The van der Waals surface area contributed by atoms with Crippen LogP contribution >= 0.6 is 0 Å². The first-order valence-electron chi connectivity index (χ1n) is 6.44. The fourth-order valence-corrected chi connectivity index (χ4v) is 1.94. The highest BCUT2D eigenvalue weighted by atomic mass is 19.4. The lowest BCUT2D eigenvalue weighted by atomic mass is 10.0. The van der Waals surface area contributed by atoms with Gasteiger partial charge >= 0.3 is 6.18 Å². The van der Waals surface area contributed by atoms with Crippen molar-refractivity contribution < 1.29 is 13.2 Å². The summed E-state index contributed by atoms with van der Waals surface area (Å²) in [5.41, 5.74) is 2.23. The van der Waals surface area contributed by atoms with E-state index in [4.69, 9.17) is 0 Å². The Hall–Kier alpha value is -1.07. The van der Waals surface area contributed by atoms with Crippen molar-refractivity contribution >= 4 is 0 Å². The van der Waals surface area contributed by atoms with Crippen LogP contribution in [0.2, 0.25) is 0 Å². The average Bonchev–Trinajstić information content (AvgIpc) is 2.32. The maximum atomic E-state index is 12.2. The summed E-state index contributed by atoms with van der Waals surface area (Å²) in [7, 11) is 1.88. The van der Waals surface area contributed by atoms with Crippen LogP contribution in [0.15, 0.2) is 24.3 Å². The van der Waals surface area contributed by atoms with Crippen molar-refractivity contribution in [1.82, 2.24) is 10.6 Å². The Morgan fingerprint density at radius 1 is 1.16 bits per heavy atom. The molecule has 0 aromatic heterocycles. The SMILES string of the molecule is CNCCc1ccccc1CNC(C)CC(F)(F)F. The van der Waals surface area contributed by atoms with Crippen LogP contribution in [0.4, 0.5) is 13.2 Å². The van der Waals surface area contributed by atoms with Crippen LogP contribution in [0.25, 0.3) is 0 Å². The van der Waals surface area contributed by atoms with E-state index in [1.54, 1.807) is 6.92 Å². The maximum Gasteiger partial charge on any atom is 0.390 e. The predicted octanol–water partition coefficient (Wildman–Crippen LogP) is 2.88. The molecule has 1 atom stereocenters. The number of hydrogen-bond donors (Lipinski definition) is 2. The normalized spacial score (nSPS) is 13.5. The number of alkyl halides is 3. The third kappa shape index (κ3) is 6.59. The molecule has 2 N–H and O–H groups in total. The highest BCUT2D eigenvalue weighted by molar-refractivity contribution is 5.27. The van der Waals surface area contributed by atoms with E-state index in [0.717, 1.165) is 18.5 Å². The molecule has 0 saturated carbocycles. The van der Waals surface area contributed by atoms with Crippen LogP contribution in [-0.2, 0) is 13.0 Å². The summed E-state index contributed by atoms with van der Waals surface area (Å²) in [6, 6.07) is 7.26. The topological polar surface area (TPSA) is 24.1 Å². The summed E-state index contributed by atoms with van der Waals surface area (Å²) in [6.07, 6.45) is -4.04. The van der Waals surface area contributed by atoms with Crippen molar-refractivity contribution in [2.45, 2.75) is 38.5 Å². The van der Waals surface area contributed by atoms with Crippen LogP contribution < -0.4 is 10.6 Å². The van der Waals surface area contributed by atoms with Gasteiger partial charge in [0.1, 0.15) is 0 Å². The van der Waals surface area contributed by atoms with Gasteiger partial charge in [-0.3, -0.25) is 0 Å².